The van der Waals surface area contributed by atoms with Gasteiger partial charge in [0.15, 0.2) is 0 Å². The van der Waals surface area contributed by atoms with Crippen LogP contribution in [0.15, 0.2) is 70.9 Å². The van der Waals surface area contributed by atoms with Crippen molar-refractivity contribution in [2.75, 3.05) is 13.1 Å². The lowest BCUT2D eigenvalue weighted by Gasteiger charge is -2.49. The Bertz CT molecular complexity index is 961. The van der Waals surface area contributed by atoms with Gasteiger partial charge >= 0.3 is 0 Å². The molecule has 0 aromatic heterocycles. The molecule has 2 aromatic carbocycles. The number of azide groups is 2. The molecule has 2 aliphatic heterocycles. The van der Waals surface area contributed by atoms with E-state index in [0.717, 1.165) is 11.1 Å². The summed E-state index contributed by atoms with van der Waals surface area (Å²) in [6.45, 7) is 0.571. The number of carbonyl (C=O) groups excluding carboxylic acids is 2. The molecule has 10 heteroatoms. The third-order valence-corrected chi connectivity index (χ3v) is 5.56. The van der Waals surface area contributed by atoms with E-state index < -0.39 is 12.1 Å². The van der Waals surface area contributed by atoms with Crippen molar-refractivity contribution in [3.05, 3.63) is 92.7 Å². The lowest BCUT2D eigenvalue weighted by atomic mass is 9.87. The highest BCUT2D eigenvalue weighted by Gasteiger charge is 2.50. The van der Waals surface area contributed by atoms with Crippen LogP contribution in [0.2, 0.25) is 0 Å². The van der Waals surface area contributed by atoms with Crippen LogP contribution in [0.25, 0.3) is 20.9 Å². The molecule has 4 rings (SSSR count). The Kier molecular flexibility index (Phi) is 5.26. The first-order valence-corrected chi connectivity index (χ1v) is 9.46. The smallest absolute Gasteiger partial charge is 0.234 e. The first-order chi connectivity index (χ1) is 14.7. The maximum absolute atomic E-state index is 12.5. The predicted octanol–water partition coefficient (Wildman–Crippen LogP) is 3.51. The second kappa shape index (κ2) is 8.16. The molecule has 4 atom stereocenters. The average Bonchev–Trinajstić information content (AvgIpc) is 2.79. The van der Waals surface area contributed by atoms with Gasteiger partial charge in [0.1, 0.15) is 12.1 Å². The number of β-lactam (4-membered cyclic amide) rings is 2. The topological polar surface area (TPSA) is 138 Å². The van der Waals surface area contributed by atoms with Gasteiger partial charge in [0.05, 0.1) is 12.1 Å². The lowest BCUT2D eigenvalue weighted by molar-refractivity contribution is -0.156. The largest absolute Gasteiger partial charge is 0.332 e. The molecular weight excluding hydrogens is 384 g/mol. The molecule has 0 N–H and O–H groups in total. The van der Waals surface area contributed by atoms with Crippen molar-refractivity contribution in [1.29, 1.82) is 0 Å². The maximum Gasteiger partial charge on any atom is 0.234 e. The zero-order valence-corrected chi connectivity index (χ0v) is 15.9. The van der Waals surface area contributed by atoms with Gasteiger partial charge in [0.2, 0.25) is 11.8 Å². The monoisotopic (exact) mass is 402 g/mol. The molecule has 0 bridgehead atoms. The molecular formula is C20H18N8O2. The molecule has 2 fully saturated rings. The lowest BCUT2D eigenvalue weighted by Crippen LogP contribution is -2.63. The molecule has 2 amide bonds. The minimum absolute atomic E-state index is 0.266. The molecule has 2 saturated heterocycles. The van der Waals surface area contributed by atoms with Crippen LogP contribution in [0.1, 0.15) is 23.2 Å². The van der Waals surface area contributed by atoms with Crippen LogP contribution in [-0.2, 0) is 9.59 Å². The Morgan fingerprint density at radius 2 is 1.07 bits per heavy atom. The number of likely N-dealkylation sites (tertiary alicyclic amines) is 2. The molecule has 2 aromatic rings. The zero-order valence-electron chi connectivity index (χ0n) is 15.9. The third-order valence-electron chi connectivity index (χ3n) is 5.56. The molecule has 0 unspecified atom stereocenters. The summed E-state index contributed by atoms with van der Waals surface area (Å²) in [5, 5.41) is 7.30. The quantitative estimate of drug-likeness (QED) is 0.303. The summed E-state index contributed by atoms with van der Waals surface area (Å²) in [6.07, 6.45) is 0. The standard InChI is InChI=1S/C20H18N8O2/c21-25-23-15-17(13-7-3-1-4-8-13)27(19(15)29)11-12-28-18(14-9-5-2-6-10-14)16(20(28)30)24-26-22/h1-10,15-18H,11-12H2/t15-,16+,17+,18-. The summed E-state index contributed by atoms with van der Waals surface area (Å²) < 4.78 is 0. The number of benzene rings is 2. The first kappa shape index (κ1) is 19.3. The molecule has 0 aliphatic carbocycles. The summed E-state index contributed by atoms with van der Waals surface area (Å²) >= 11 is 0. The number of hydrogen-bond acceptors (Lipinski definition) is 4. The maximum atomic E-state index is 12.5. The Morgan fingerprint density at radius 1 is 0.700 bits per heavy atom. The molecule has 2 aliphatic rings. The van der Waals surface area contributed by atoms with Crippen molar-refractivity contribution in [2.45, 2.75) is 24.2 Å². The second-order valence-corrected chi connectivity index (χ2v) is 7.07. The normalized spacial score (nSPS) is 24.9. The van der Waals surface area contributed by atoms with E-state index in [1.807, 2.05) is 60.7 Å². The fourth-order valence-corrected chi connectivity index (χ4v) is 4.14. The van der Waals surface area contributed by atoms with Gasteiger partial charge in [-0.25, -0.2) is 0 Å². The Labute approximate surface area is 172 Å². The van der Waals surface area contributed by atoms with Crippen molar-refractivity contribution in [3.8, 4) is 0 Å². The minimum atomic E-state index is -0.787. The fourth-order valence-electron chi connectivity index (χ4n) is 4.14. The second-order valence-electron chi connectivity index (χ2n) is 7.07. The number of nitrogens with zero attached hydrogens (tertiary/aromatic N) is 8. The number of rotatable bonds is 7. The SMILES string of the molecule is [N-]=[N+]=N[C@@H]1C(=O)N(CCN2C(=O)[C@H](N=[N+]=[N-])[C@@H]2c2ccccc2)[C@@H]1c1ccccc1. The van der Waals surface area contributed by atoms with Gasteiger partial charge < -0.3 is 9.80 Å². The predicted molar refractivity (Wildman–Crippen MR) is 108 cm³/mol. The Balaban J connectivity index is 1.52. The van der Waals surface area contributed by atoms with Gasteiger partial charge in [-0.3, -0.25) is 9.59 Å². The molecule has 0 saturated carbocycles. The van der Waals surface area contributed by atoms with Crippen LogP contribution < -0.4 is 0 Å². The highest BCUT2D eigenvalue weighted by Crippen LogP contribution is 2.40. The van der Waals surface area contributed by atoms with Gasteiger partial charge in [0.25, 0.3) is 0 Å². The van der Waals surface area contributed by atoms with Crippen molar-refractivity contribution in [3.63, 3.8) is 0 Å². The van der Waals surface area contributed by atoms with Gasteiger partial charge in [-0.05, 0) is 22.2 Å². The zero-order chi connectivity index (χ0) is 21.1. The van der Waals surface area contributed by atoms with Crippen LogP contribution in [-0.4, -0.2) is 46.8 Å². The van der Waals surface area contributed by atoms with E-state index in [4.69, 9.17) is 11.1 Å². The van der Waals surface area contributed by atoms with E-state index in [0.29, 0.717) is 0 Å². The van der Waals surface area contributed by atoms with Crippen LogP contribution >= 0.6 is 0 Å². The van der Waals surface area contributed by atoms with E-state index >= 15 is 0 Å². The highest BCUT2D eigenvalue weighted by molar-refractivity contribution is 5.91. The van der Waals surface area contributed by atoms with E-state index in [1.165, 1.54) is 0 Å². The van der Waals surface area contributed by atoms with Crippen molar-refractivity contribution in [1.82, 2.24) is 9.80 Å². The van der Waals surface area contributed by atoms with Crippen molar-refractivity contribution in [2.24, 2.45) is 10.2 Å². The van der Waals surface area contributed by atoms with E-state index in [9.17, 15) is 9.59 Å². The summed E-state index contributed by atoms with van der Waals surface area (Å²) in [4.78, 5) is 33.9. The van der Waals surface area contributed by atoms with E-state index in [-0.39, 0.29) is 37.0 Å². The highest BCUT2D eigenvalue weighted by atomic mass is 16.2. The van der Waals surface area contributed by atoms with Gasteiger partial charge in [-0.15, -0.1) is 0 Å². The van der Waals surface area contributed by atoms with E-state index in [2.05, 4.69) is 20.1 Å². The van der Waals surface area contributed by atoms with Crippen LogP contribution in [0.3, 0.4) is 0 Å². The van der Waals surface area contributed by atoms with Crippen LogP contribution in [0.5, 0.6) is 0 Å². The third kappa shape index (κ3) is 3.20. The molecule has 0 radical (unpaired) electrons. The molecule has 30 heavy (non-hydrogen) atoms. The van der Waals surface area contributed by atoms with Crippen LogP contribution in [0, 0.1) is 0 Å². The molecule has 0 spiro atoms. The number of amides is 2. The summed E-state index contributed by atoms with van der Waals surface area (Å²) in [7, 11) is 0. The summed E-state index contributed by atoms with van der Waals surface area (Å²) in [5.74, 6) is -0.532. The number of carbonyl (C=O) groups is 2. The van der Waals surface area contributed by atoms with Gasteiger partial charge in [-0.2, -0.15) is 0 Å². The van der Waals surface area contributed by atoms with Gasteiger partial charge in [0, 0.05) is 22.9 Å². The minimum Gasteiger partial charge on any atom is -0.332 e. The van der Waals surface area contributed by atoms with Crippen molar-refractivity contribution >= 4 is 11.8 Å². The Hall–Kier alpha value is -4.00. The summed E-state index contributed by atoms with van der Waals surface area (Å²) in [6, 6.07) is 16.4. The molecule has 150 valence electrons. The molecule has 2 heterocycles. The number of hydrogen-bond donors (Lipinski definition) is 0. The fraction of sp³-hybridized carbons (Fsp3) is 0.300. The summed E-state index contributed by atoms with van der Waals surface area (Å²) in [5.41, 5.74) is 19.4. The Morgan fingerprint density at radius 3 is 1.40 bits per heavy atom. The van der Waals surface area contributed by atoms with Crippen LogP contribution in [0.4, 0.5) is 0 Å². The molecule has 10 nitrogen and oxygen atoms in total. The van der Waals surface area contributed by atoms with Crippen molar-refractivity contribution < 1.29 is 9.59 Å². The van der Waals surface area contributed by atoms with E-state index in [1.54, 1.807) is 9.80 Å². The first-order valence-electron chi connectivity index (χ1n) is 9.46. The van der Waals surface area contributed by atoms with Gasteiger partial charge in [-0.1, -0.05) is 70.9 Å². The average molecular weight is 402 g/mol.